The Balaban J connectivity index is 1.72. The van der Waals surface area contributed by atoms with Crippen molar-refractivity contribution in [1.29, 1.82) is 0 Å². The van der Waals surface area contributed by atoms with E-state index in [-0.39, 0.29) is 6.54 Å². The molecule has 0 heterocycles. The molecular weight excluding hydrogens is 366 g/mol. The van der Waals surface area contributed by atoms with Crippen molar-refractivity contribution in [2.75, 3.05) is 12.3 Å². The van der Waals surface area contributed by atoms with Gasteiger partial charge in [0.25, 0.3) is 10.1 Å². The van der Waals surface area contributed by atoms with E-state index in [9.17, 15) is 17.8 Å². The topological polar surface area (TPSA) is 92.7 Å². The van der Waals surface area contributed by atoms with Gasteiger partial charge in [0.1, 0.15) is 11.9 Å². The molecule has 0 spiro atoms. The first-order valence-corrected chi connectivity index (χ1v) is 10.9. The molecule has 0 aromatic heterocycles. The zero-order valence-electron chi connectivity index (χ0n) is 15.1. The summed E-state index contributed by atoms with van der Waals surface area (Å²) < 4.78 is 37.4. The predicted molar refractivity (Wildman–Crippen MR) is 104 cm³/mol. The first-order chi connectivity index (χ1) is 12.9. The third-order valence-electron chi connectivity index (χ3n) is 4.92. The average molecular weight is 391 g/mol. The molecule has 1 saturated carbocycles. The highest BCUT2D eigenvalue weighted by molar-refractivity contribution is 7.85. The minimum absolute atomic E-state index is 0.195. The van der Waals surface area contributed by atoms with Crippen LogP contribution in [0.5, 0.6) is 0 Å². The third kappa shape index (κ3) is 5.76. The summed E-state index contributed by atoms with van der Waals surface area (Å²) >= 11 is 0. The molecule has 27 heavy (non-hydrogen) atoms. The van der Waals surface area contributed by atoms with E-state index in [1.54, 1.807) is 12.1 Å². The molecule has 0 amide bonds. The van der Waals surface area contributed by atoms with E-state index < -0.39 is 27.9 Å². The van der Waals surface area contributed by atoms with Crippen molar-refractivity contribution in [3.05, 3.63) is 48.0 Å². The highest BCUT2D eigenvalue weighted by Crippen LogP contribution is 2.20. The van der Waals surface area contributed by atoms with Crippen LogP contribution in [0, 0.1) is 0 Å². The summed E-state index contributed by atoms with van der Waals surface area (Å²) in [7, 11) is -4.26. The molecule has 0 aliphatic heterocycles. The molecule has 1 aliphatic carbocycles. The number of esters is 1. The van der Waals surface area contributed by atoms with Gasteiger partial charge < -0.3 is 10.1 Å². The van der Waals surface area contributed by atoms with Crippen molar-refractivity contribution in [3.63, 3.8) is 0 Å². The van der Waals surface area contributed by atoms with E-state index in [1.807, 2.05) is 30.3 Å². The van der Waals surface area contributed by atoms with Gasteiger partial charge in [0.15, 0.2) is 0 Å². The molecule has 0 radical (unpaired) electrons. The summed E-state index contributed by atoms with van der Waals surface area (Å²) in [6, 6.07) is 13.0. The Morgan fingerprint density at radius 1 is 1.11 bits per heavy atom. The molecule has 2 aromatic carbocycles. The van der Waals surface area contributed by atoms with Crippen LogP contribution in [-0.4, -0.2) is 43.4 Å². The van der Waals surface area contributed by atoms with Crippen molar-refractivity contribution < 1.29 is 22.5 Å². The summed E-state index contributed by atoms with van der Waals surface area (Å²) in [4.78, 5) is 12.7. The van der Waals surface area contributed by atoms with E-state index in [1.165, 1.54) is 6.42 Å². The Morgan fingerprint density at radius 2 is 1.81 bits per heavy atom. The predicted octanol–water partition coefficient (Wildman–Crippen LogP) is 3.18. The van der Waals surface area contributed by atoms with Crippen LogP contribution in [0.1, 0.15) is 42.5 Å². The summed E-state index contributed by atoms with van der Waals surface area (Å²) in [6.45, 7) is 0.195. The lowest BCUT2D eigenvalue weighted by Crippen LogP contribution is -2.41. The molecule has 2 N–H and O–H groups in total. The molecule has 6 nitrogen and oxygen atoms in total. The molecule has 146 valence electrons. The van der Waals surface area contributed by atoms with Gasteiger partial charge in [-0.1, -0.05) is 55.7 Å². The van der Waals surface area contributed by atoms with Gasteiger partial charge in [-0.2, -0.15) is 8.42 Å². The van der Waals surface area contributed by atoms with Crippen LogP contribution < -0.4 is 5.32 Å². The molecule has 7 heteroatoms. The van der Waals surface area contributed by atoms with Crippen molar-refractivity contribution in [1.82, 2.24) is 5.32 Å². The van der Waals surface area contributed by atoms with Crippen LogP contribution in [-0.2, 0) is 14.9 Å². The van der Waals surface area contributed by atoms with Gasteiger partial charge in [0.2, 0.25) is 0 Å². The lowest BCUT2D eigenvalue weighted by Gasteiger charge is -2.25. The fourth-order valence-corrected chi connectivity index (χ4v) is 4.25. The molecule has 0 bridgehead atoms. The highest BCUT2D eigenvalue weighted by Gasteiger charge is 2.24. The number of hydrogen-bond acceptors (Lipinski definition) is 5. The van der Waals surface area contributed by atoms with Crippen LogP contribution in [0.4, 0.5) is 0 Å². The van der Waals surface area contributed by atoms with Crippen molar-refractivity contribution >= 4 is 26.9 Å². The monoisotopic (exact) mass is 391 g/mol. The van der Waals surface area contributed by atoms with Crippen molar-refractivity contribution in [2.45, 2.75) is 44.2 Å². The van der Waals surface area contributed by atoms with Crippen molar-refractivity contribution in [2.24, 2.45) is 0 Å². The Hall–Kier alpha value is -1.96. The zero-order chi connectivity index (χ0) is 19.3. The van der Waals surface area contributed by atoms with Crippen LogP contribution in [0.15, 0.2) is 42.5 Å². The summed E-state index contributed by atoms with van der Waals surface area (Å²) in [6.07, 6.45) is 4.58. The maximum atomic E-state index is 12.7. The average Bonchev–Trinajstić information content (AvgIpc) is 2.65. The Labute approximate surface area is 159 Å². The minimum Gasteiger partial charge on any atom is -0.456 e. The molecule has 1 unspecified atom stereocenters. The lowest BCUT2D eigenvalue weighted by atomic mass is 9.95. The summed E-state index contributed by atoms with van der Waals surface area (Å²) in [5, 5.41) is 4.93. The smallest absolute Gasteiger partial charge is 0.339 e. The summed E-state index contributed by atoms with van der Waals surface area (Å²) in [5.41, 5.74) is 0.381. The maximum Gasteiger partial charge on any atom is 0.339 e. The quantitative estimate of drug-likeness (QED) is 0.556. The Bertz CT molecular complexity index is 885. The van der Waals surface area contributed by atoms with Crippen molar-refractivity contribution in [3.8, 4) is 0 Å². The van der Waals surface area contributed by atoms with E-state index in [0.29, 0.717) is 11.6 Å². The van der Waals surface area contributed by atoms with Gasteiger partial charge >= 0.3 is 5.97 Å². The second kappa shape index (κ2) is 8.82. The molecular formula is C20H25NO5S. The normalized spacial score (nSPS) is 16.9. The van der Waals surface area contributed by atoms with Gasteiger partial charge in [-0.25, -0.2) is 4.79 Å². The lowest BCUT2D eigenvalue weighted by molar-refractivity contribution is 0.0341. The zero-order valence-corrected chi connectivity index (χ0v) is 16.0. The molecule has 3 rings (SSSR count). The highest BCUT2D eigenvalue weighted by atomic mass is 32.2. The van der Waals surface area contributed by atoms with Gasteiger partial charge in [-0.3, -0.25) is 4.55 Å². The number of carbonyl (C=O) groups is 1. The second-order valence-corrected chi connectivity index (χ2v) is 8.54. The maximum absolute atomic E-state index is 12.7. The summed E-state index contributed by atoms with van der Waals surface area (Å²) in [5.74, 6) is -1.21. The van der Waals surface area contributed by atoms with Gasteiger partial charge in [-0.15, -0.1) is 0 Å². The Morgan fingerprint density at radius 3 is 2.56 bits per heavy atom. The SMILES string of the molecule is O=C(OC(CNC1CCCCC1)CS(=O)(=O)O)c1cccc2ccccc12. The molecule has 0 saturated heterocycles. The van der Waals surface area contributed by atoms with E-state index in [0.717, 1.165) is 36.5 Å². The van der Waals surface area contributed by atoms with Crippen LogP contribution in [0.3, 0.4) is 0 Å². The van der Waals surface area contributed by atoms with Crippen LogP contribution in [0.2, 0.25) is 0 Å². The second-order valence-electron chi connectivity index (χ2n) is 7.05. The fraction of sp³-hybridized carbons (Fsp3) is 0.450. The van der Waals surface area contributed by atoms with E-state index >= 15 is 0 Å². The molecule has 1 aliphatic rings. The Kier molecular flexibility index (Phi) is 6.46. The van der Waals surface area contributed by atoms with Crippen LogP contribution >= 0.6 is 0 Å². The third-order valence-corrected chi connectivity index (χ3v) is 5.71. The van der Waals surface area contributed by atoms with Crippen LogP contribution in [0.25, 0.3) is 10.8 Å². The van der Waals surface area contributed by atoms with E-state index in [4.69, 9.17) is 4.74 Å². The van der Waals surface area contributed by atoms with Gasteiger partial charge in [0.05, 0.1) is 5.56 Å². The number of rotatable bonds is 7. The first kappa shape index (κ1) is 19.8. The number of benzene rings is 2. The molecule has 2 aromatic rings. The minimum atomic E-state index is -4.26. The number of ether oxygens (including phenoxy) is 1. The number of carbonyl (C=O) groups excluding carboxylic acids is 1. The first-order valence-electron chi connectivity index (χ1n) is 9.30. The van der Waals surface area contributed by atoms with Gasteiger partial charge in [-0.05, 0) is 29.7 Å². The fourth-order valence-electron chi connectivity index (χ4n) is 3.59. The standard InChI is InChI=1S/C20H25NO5S/c22-20(19-12-6-8-15-7-4-5-11-18(15)19)26-17(14-27(23,24)25)13-21-16-9-2-1-3-10-16/h4-8,11-12,16-17,21H,1-3,9-10,13-14H2,(H,23,24,25). The number of nitrogens with one attached hydrogen (secondary N) is 1. The molecule has 1 atom stereocenters. The number of hydrogen-bond donors (Lipinski definition) is 2. The number of fused-ring (bicyclic) bond motifs is 1. The molecule has 1 fully saturated rings. The van der Waals surface area contributed by atoms with E-state index in [2.05, 4.69) is 5.32 Å². The van der Waals surface area contributed by atoms with Gasteiger partial charge in [0, 0.05) is 12.6 Å². The largest absolute Gasteiger partial charge is 0.456 e.